The first kappa shape index (κ1) is 13.8. The summed E-state index contributed by atoms with van der Waals surface area (Å²) < 4.78 is 0. The summed E-state index contributed by atoms with van der Waals surface area (Å²) >= 11 is 0. The van der Waals surface area contributed by atoms with Gasteiger partial charge in [-0.05, 0) is 24.5 Å². The van der Waals surface area contributed by atoms with Crippen molar-refractivity contribution in [2.45, 2.75) is 39.5 Å². The standard InChI is InChI=1S/C16H23N3/c1-3-5-8-13(4-2)11-18-16-12-17-14-9-6-7-10-15(14)19-16/h6-7,9-10,12-13H,3-5,8,11H2,1-2H3,(H,18,19). The van der Waals surface area contributed by atoms with Crippen LogP contribution in [-0.4, -0.2) is 16.5 Å². The van der Waals surface area contributed by atoms with Crippen LogP contribution < -0.4 is 5.32 Å². The fourth-order valence-corrected chi connectivity index (χ4v) is 2.23. The van der Waals surface area contributed by atoms with Crippen LogP contribution in [0.4, 0.5) is 5.82 Å². The Morgan fingerprint density at radius 3 is 2.68 bits per heavy atom. The third-order valence-electron chi connectivity index (χ3n) is 3.56. The van der Waals surface area contributed by atoms with Gasteiger partial charge in [-0.25, -0.2) is 4.98 Å². The number of fused-ring (bicyclic) bond motifs is 1. The van der Waals surface area contributed by atoms with Crippen molar-refractivity contribution in [1.29, 1.82) is 0 Å². The van der Waals surface area contributed by atoms with Gasteiger partial charge in [-0.15, -0.1) is 0 Å². The monoisotopic (exact) mass is 257 g/mol. The maximum atomic E-state index is 4.59. The highest BCUT2D eigenvalue weighted by atomic mass is 15.0. The summed E-state index contributed by atoms with van der Waals surface area (Å²) in [6.07, 6.45) is 6.92. The van der Waals surface area contributed by atoms with Gasteiger partial charge in [0.05, 0.1) is 17.2 Å². The molecule has 19 heavy (non-hydrogen) atoms. The minimum atomic E-state index is 0.730. The van der Waals surface area contributed by atoms with Crippen molar-refractivity contribution in [2.75, 3.05) is 11.9 Å². The molecule has 0 aliphatic rings. The van der Waals surface area contributed by atoms with E-state index in [2.05, 4.69) is 29.1 Å². The highest BCUT2D eigenvalue weighted by Crippen LogP contribution is 2.15. The molecule has 1 aromatic carbocycles. The third kappa shape index (κ3) is 3.91. The number of aromatic nitrogens is 2. The summed E-state index contributed by atoms with van der Waals surface area (Å²) in [5.74, 6) is 1.61. The normalized spacial score (nSPS) is 12.5. The molecule has 102 valence electrons. The van der Waals surface area contributed by atoms with Crippen LogP contribution in [0.15, 0.2) is 30.5 Å². The Morgan fingerprint density at radius 2 is 1.95 bits per heavy atom. The zero-order valence-corrected chi connectivity index (χ0v) is 11.9. The first-order valence-electron chi connectivity index (χ1n) is 7.29. The van der Waals surface area contributed by atoms with E-state index in [1.54, 1.807) is 0 Å². The number of hydrogen-bond donors (Lipinski definition) is 1. The molecule has 0 fully saturated rings. The van der Waals surface area contributed by atoms with Crippen LogP contribution >= 0.6 is 0 Å². The van der Waals surface area contributed by atoms with E-state index < -0.39 is 0 Å². The van der Waals surface area contributed by atoms with Crippen LogP contribution in [0.5, 0.6) is 0 Å². The van der Waals surface area contributed by atoms with E-state index in [4.69, 9.17) is 0 Å². The summed E-state index contributed by atoms with van der Waals surface area (Å²) in [6.45, 7) is 5.49. The summed E-state index contributed by atoms with van der Waals surface area (Å²) in [5.41, 5.74) is 1.90. The van der Waals surface area contributed by atoms with Gasteiger partial charge in [0.25, 0.3) is 0 Å². The van der Waals surface area contributed by atoms with E-state index in [9.17, 15) is 0 Å². The highest BCUT2D eigenvalue weighted by molar-refractivity contribution is 5.75. The predicted molar refractivity (Wildman–Crippen MR) is 81.3 cm³/mol. The number of unbranched alkanes of at least 4 members (excludes halogenated alkanes) is 1. The van der Waals surface area contributed by atoms with E-state index in [0.29, 0.717) is 0 Å². The highest BCUT2D eigenvalue weighted by Gasteiger charge is 2.06. The van der Waals surface area contributed by atoms with Gasteiger partial charge < -0.3 is 5.32 Å². The lowest BCUT2D eigenvalue weighted by atomic mass is 9.99. The molecule has 1 aromatic heterocycles. The SMILES string of the molecule is CCCCC(CC)CNc1cnc2ccccc2n1. The van der Waals surface area contributed by atoms with E-state index in [-0.39, 0.29) is 0 Å². The summed E-state index contributed by atoms with van der Waals surface area (Å²) in [6, 6.07) is 7.98. The molecule has 0 radical (unpaired) electrons. The lowest BCUT2D eigenvalue weighted by Gasteiger charge is -2.15. The fraction of sp³-hybridized carbons (Fsp3) is 0.500. The molecule has 3 nitrogen and oxygen atoms in total. The van der Waals surface area contributed by atoms with Gasteiger partial charge in [0, 0.05) is 6.54 Å². The van der Waals surface area contributed by atoms with Crippen molar-refractivity contribution in [3.8, 4) is 0 Å². The molecule has 0 saturated heterocycles. The molecule has 0 aliphatic heterocycles. The summed E-state index contributed by atoms with van der Waals surface area (Å²) in [4.78, 5) is 9.01. The van der Waals surface area contributed by atoms with Gasteiger partial charge in [0.2, 0.25) is 0 Å². The van der Waals surface area contributed by atoms with Gasteiger partial charge in [0.1, 0.15) is 5.82 Å². The van der Waals surface area contributed by atoms with E-state index in [0.717, 1.165) is 29.3 Å². The molecule has 2 aromatic rings. The number of nitrogens with zero attached hydrogens (tertiary/aromatic N) is 2. The van der Waals surface area contributed by atoms with Crippen LogP contribution in [0, 0.1) is 5.92 Å². The topological polar surface area (TPSA) is 37.8 Å². The number of benzene rings is 1. The number of para-hydroxylation sites is 2. The van der Waals surface area contributed by atoms with Crippen molar-refractivity contribution in [1.82, 2.24) is 9.97 Å². The summed E-state index contributed by atoms with van der Waals surface area (Å²) in [5, 5.41) is 3.42. The molecule has 0 bridgehead atoms. The van der Waals surface area contributed by atoms with Crippen LogP contribution in [-0.2, 0) is 0 Å². The van der Waals surface area contributed by atoms with Crippen molar-refractivity contribution < 1.29 is 0 Å². The largest absolute Gasteiger partial charge is 0.368 e. The molecular formula is C16H23N3. The van der Waals surface area contributed by atoms with Crippen molar-refractivity contribution in [3.63, 3.8) is 0 Å². The Balaban J connectivity index is 1.96. The van der Waals surface area contributed by atoms with Gasteiger partial charge in [-0.2, -0.15) is 0 Å². The molecule has 0 aliphatic carbocycles. The van der Waals surface area contributed by atoms with Crippen molar-refractivity contribution in [2.24, 2.45) is 5.92 Å². The zero-order chi connectivity index (χ0) is 13.5. The number of anilines is 1. The Hall–Kier alpha value is -1.64. The van der Waals surface area contributed by atoms with Gasteiger partial charge >= 0.3 is 0 Å². The third-order valence-corrected chi connectivity index (χ3v) is 3.56. The zero-order valence-electron chi connectivity index (χ0n) is 11.9. The van der Waals surface area contributed by atoms with E-state index >= 15 is 0 Å². The molecule has 1 unspecified atom stereocenters. The van der Waals surface area contributed by atoms with Gasteiger partial charge in [0.15, 0.2) is 0 Å². The number of rotatable bonds is 7. The molecule has 1 heterocycles. The predicted octanol–water partition coefficient (Wildman–Crippen LogP) is 4.26. The lowest BCUT2D eigenvalue weighted by Crippen LogP contribution is -2.14. The lowest BCUT2D eigenvalue weighted by molar-refractivity contribution is 0.472. The second kappa shape index (κ2) is 7.07. The van der Waals surface area contributed by atoms with Crippen LogP contribution in [0.25, 0.3) is 11.0 Å². The molecule has 1 N–H and O–H groups in total. The molecule has 3 heteroatoms. The average molecular weight is 257 g/mol. The molecule has 0 spiro atoms. The molecule has 0 saturated carbocycles. The van der Waals surface area contributed by atoms with E-state index in [1.807, 2.05) is 30.5 Å². The van der Waals surface area contributed by atoms with Crippen molar-refractivity contribution in [3.05, 3.63) is 30.5 Å². The summed E-state index contributed by atoms with van der Waals surface area (Å²) in [7, 11) is 0. The Morgan fingerprint density at radius 1 is 1.16 bits per heavy atom. The number of nitrogens with one attached hydrogen (secondary N) is 1. The van der Waals surface area contributed by atoms with Crippen LogP contribution in [0.2, 0.25) is 0 Å². The minimum absolute atomic E-state index is 0.730. The minimum Gasteiger partial charge on any atom is -0.368 e. The maximum Gasteiger partial charge on any atom is 0.145 e. The fourth-order valence-electron chi connectivity index (χ4n) is 2.23. The maximum absolute atomic E-state index is 4.59. The van der Waals surface area contributed by atoms with Gasteiger partial charge in [-0.3, -0.25) is 4.98 Å². The van der Waals surface area contributed by atoms with Crippen LogP contribution in [0.1, 0.15) is 39.5 Å². The van der Waals surface area contributed by atoms with Crippen LogP contribution in [0.3, 0.4) is 0 Å². The Labute approximate surface area is 115 Å². The van der Waals surface area contributed by atoms with Gasteiger partial charge in [-0.1, -0.05) is 45.2 Å². The second-order valence-electron chi connectivity index (χ2n) is 5.04. The molecule has 2 rings (SSSR count). The second-order valence-corrected chi connectivity index (χ2v) is 5.04. The smallest absolute Gasteiger partial charge is 0.145 e. The first-order valence-corrected chi connectivity index (χ1v) is 7.29. The molecule has 1 atom stereocenters. The van der Waals surface area contributed by atoms with Crippen molar-refractivity contribution >= 4 is 16.9 Å². The molecular weight excluding hydrogens is 234 g/mol. The average Bonchev–Trinajstić information content (AvgIpc) is 2.47. The molecule has 0 amide bonds. The Kier molecular flexibility index (Phi) is 5.13. The quantitative estimate of drug-likeness (QED) is 0.805. The Bertz CT molecular complexity index is 510. The number of hydrogen-bond acceptors (Lipinski definition) is 3. The van der Waals surface area contributed by atoms with E-state index in [1.165, 1.54) is 25.7 Å². The first-order chi connectivity index (χ1) is 9.33.